The normalized spacial score (nSPS) is 10.8. The van der Waals surface area contributed by atoms with Gasteiger partial charge in [-0.1, -0.05) is 13.8 Å². The van der Waals surface area contributed by atoms with Crippen molar-refractivity contribution in [3.8, 4) is 0 Å². The van der Waals surface area contributed by atoms with Gasteiger partial charge in [0.1, 0.15) is 0 Å². The molecule has 0 saturated carbocycles. The Hall–Kier alpha value is 0.159. The molecule has 0 radical (unpaired) electrons. The molecule has 5 nitrogen and oxygen atoms in total. The predicted octanol–water partition coefficient (Wildman–Crippen LogP) is -1.62. The van der Waals surface area contributed by atoms with Crippen LogP contribution in [0.2, 0.25) is 0 Å². The molecule has 0 rings (SSSR count). The second-order valence-electron chi connectivity index (χ2n) is 2.71. The summed E-state index contributed by atoms with van der Waals surface area (Å²) in [4.78, 5) is 0. The topological polar surface area (TPSA) is 98.0 Å². The predicted molar refractivity (Wildman–Crippen MR) is 38.8 cm³/mol. The first-order valence-corrected chi connectivity index (χ1v) is 5.10. The molecule has 0 aromatic carbocycles. The molecule has 11 heavy (non-hydrogen) atoms. The van der Waals surface area contributed by atoms with Crippen molar-refractivity contribution in [2.24, 2.45) is 5.41 Å². The summed E-state index contributed by atoms with van der Waals surface area (Å²) in [5.41, 5.74) is -0.306. The molecule has 0 aromatic rings. The standard InChI is InChI=1S/C5H12O2.H2O3Se/c1-5(2,3-6)4-7;1-4(2)3/h6-7H,3-4H2,1-2H3;(H2,1,2,3). The van der Waals surface area contributed by atoms with Crippen LogP contribution in [-0.4, -0.2) is 46.3 Å². The molecular weight excluding hydrogens is 219 g/mol. The van der Waals surface area contributed by atoms with E-state index in [0.717, 1.165) is 0 Å². The Morgan fingerprint density at radius 2 is 1.36 bits per heavy atom. The fraction of sp³-hybridized carbons (Fsp3) is 1.00. The third-order valence-electron chi connectivity index (χ3n) is 0.856. The van der Waals surface area contributed by atoms with Gasteiger partial charge < -0.3 is 10.2 Å². The van der Waals surface area contributed by atoms with Gasteiger partial charge in [-0.2, -0.15) is 0 Å². The van der Waals surface area contributed by atoms with Gasteiger partial charge in [0.05, 0.1) is 13.2 Å². The van der Waals surface area contributed by atoms with Gasteiger partial charge in [0.15, 0.2) is 0 Å². The minimum atomic E-state index is -3.29. The molecule has 0 saturated heterocycles. The molecule has 0 bridgehead atoms. The number of aliphatic hydroxyl groups is 2. The van der Waals surface area contributed by atoms with Gasteiger partial charge in [-0.05, 0) is 0 Å². The summed E-state index contributed by atoms with van der Waals surface area (Å²) in [6.45, 7) is 3.69. The Morgan fingerprint density at radius 3 is 1.36 bits per heavy atom. The fourth-order valence-corrected chi connectivity index (χ4v) is 0.0500. The fourth-order valence-electron chi connectivity index (χ4n) is 0.0500. The van der Waals surface area contributed by atoms with Crippen molar-refractivity contribution >= 4 is 14.5 Å². The molecule has 0 amide bonds. The van der Waals surface area contributed by atoms with Crippen molar-refractivity contribution < 1.29 is 22.4 Å². The van der Waals surface area contributed by atoms with E-state index in [9.17, 15) is 0 Å². The summed E-state index contributed by atoms with van der Waals surface area (Å²) in [5, 5.41) is 16.9. The van der Waals surface area contributed by atoms with Crippen molar-refractivity contribution in [2.45, 2.75) is 13.8 Å². The van der Waals surface area contributed by atoms with Crippen LogP contribution in [0.25, 0.3) is 0 Å². The number of aliphatic hydroxyl groups excluding tert-OH is 2. The van der Waals surface area contributed by atoms with Gasteiger partial charge in [0, 0.05) is 5.41 Å². The Balaban J connectivity index is 0. The Morgan fingerprint density at radius 1 is 1.18 bits per heavy atom. The molecular formula is C5H14O5Se. The quantitative estimate of drug-likeness (QED) is 0.430. The summed E-state index contributed by atoms with van der Waals surface area (Å²) in [5.74, 6) is 0. The van der Waals surface area contributed by atoms with E-state index in [4.69, 9.17) is 22.4 Å². The van der Waals surface area contributed by atoms with E-state index in [-0.39, 0.29) is 18.6 Å². The van der Waals surface area contributed by atoms with Crippen LogP contribution in [-0.2, 0) is 3.83 Å². The average Bonchev–Trinajstić information content (AvgIpc) is 1.87. The molecule has 0 aliphatic carbocycles. The molecule has 0 heterocycles. The van der Waals surface area contributed by atoms with Crippen LogP contribution in [0.5, 0.6) is 0 Å². The van der Waals surface area contributed by atoms with Crippen LogP contribution in [0, 0.1) is 5.41 Å². The van der Waals surface area contributed by atoms with E-state index < -0.39 is 14.5 Å². The summed E-state index contributed by atoms with van der Waals surface area (Å²) in [7, 11) is 0. The Bertz CT molecular complexity index is 103. The minimum absolute atomic E-state index is 0.0451. The first-order chi connectivity index (χ1) is 4.85. The molecule has 0 fully saturated rings. The average molecular weight is 233 g/mol. The van der Waals surface area contributed by atoms with E-state index in [1.54, 1.807) is 13.8 Å². The van der Waals surface area contributed by atoms with E-state index in [0.29, 0.717) is 0 Å². The molecule has 0 aliphatic rings. The van der Waals surface area contributed by atoms with Gasteiger partial charge in [-0.3, -0.25) is 0 Å². The van der Waals surface area contributed by atoms with Gasteiger partial charge in [-0.15, -0.1) is 0 Å². The van der Waals surface area contributed by atoms with Gasteiger partial charge in [0.2, 0.25) is 0 Å². The van der Waals surface area contributed by atoms with Crippen molar-refractivity contribution in [1.82, 2.24) is 0 Å². The molecule has 4 N–H and O–H groups in total. The van der Waals surface area contributed by atoms with E-state index in [2.05, 4.69) is 0 Å². The monoisotopic (exact) mass is 234 g/mol. The zero-order chi connectivity index (χ0) is 9.49. The number of rotatable bonds is 2. The van der Waals surface area contributed by atoms with E-state index >= 15 is 0 Å². The van der Waals surface area contributed by atoms with E-state index in [1.807, 2.05) is 0 Å². The molecule has 6 heteroatoms. The second-order valence-corrected chi connectivity index (χ2v) is 3.68. The van der Waals surface area contributed by atoms with Crippen LogP contribution >= 0.6 is 0 Å². The van der Waals surface area contributed by atoms with Gasteiger partial charge in [0.25, 0.3) is 0 Å². The molecule has 0 spiro atoms. The van der Waals surface area contributed by atoms with Crippen LogP contribution in [0.1, 0.15) is 13.8 Å². The summed E-state index contributed by atoms with van der Waals surface area (Å²) in [6.07, 6.45) is 0. The van der Waals surface area contributed by atoms with Crippen molar-refractivity contribution in [3.05, 3.63) is 0 Å². The van der Waals surface area contributed by atoms with Crippen molar-refractivity contribution in [2.75, 3.05) is 13.2 Å². The van der Waals surface area contributed by atoms with Crippen LogP contribution < -0.4 is 0 Å². The second kappa shape index (κ2) is 6.84. The molecule has 0 atom stereocenters. The maximum absolute atomic E-state index is 8.76. The Kier molecular flexibility index (Phi) is 8.54. The van der Waals surface area contributed by atoms with Crippen molar-refractivity contribution in [3.63, 3.8) is 0 Å². The molecule has 0 unspecified atom stereocenters. The van der Waals surface area contributed by atoms with Gasteiger partial charge >= 0.3 is 26.7 Å². The molecule has 0 aromatic heterocycles. The third-order valence-corrected chi connectivity index (χ3v) is 0.856. The first-order valence-electron chi connectivity index (χ1n) is 2.87. The molecule has 0 aliphatic heterocycles. The zero-order valence-corrected chi connectivity index (χ0v) is 8.23. The number of hydrogen-bond acceptors (Lipinski definition) is 3. The summed E-state index contributed by atoms with van der Waals surface area (Å²) in [6, 6.07) is 0. The third kappa shape index (κ3) is 17.8. The first kappa shape index (κ1) is 13.7. The van der Waals surface area contributed by atoms with E-state index in [1.165, 1.54) is 0 Å². The van der Waals surface area contributed by atoms with Crippen LogP contribution in [0.4, 0.5) is 0 Å². The van der Waals surface area contributed by atoms with Gasteiger partial charge in [-0.25, -0.2) is 0 Å². The number of hydrogen-bond donors (Lipinski definition) is 4. The zero-order valence-electron chi connectivity index (χ0n) is 6.52. The molecule has 70 valence electrons. The Labute approximate surface area is 70.0 Å². The van der Waals surface area contributed by atoms with Crippen LogP contribution in [0.3, 0.4) is 0 Å². The summed E-state index contributed by atoms with van der Waals surface area (Å²) >= 11 is -3.29. The van der Waals surface area contributed by atoms with Crippen molar-refractivity contribution in [1.29, 1.82) is 0 Å². The maximum atomic E-state index is 8.76. The van der Waals surface area contributed by atoms with Crippen LogP contribution in [0.15, 0.2) is 0 Å². The SMILES string of the molecule is CC(C)(CO)CO.O=[Se](O)O. The summed E-state index contributed by atoms with van der Waals surface area (Å²) < 4.78 is 23.1.